The first kappa shape index (κ1) is 20.6. The van der Waals surface area contributed by atoms with E-state index in [1.54, 1.807) is 34.3 Å². The molecule has 158 valence electrons. The first-order valence-corrected chi connectivity index (χ1v) is 13.2. The van der Waals surface area contributed by atoms with Crippen LogP contribution in [0.2, 0.25) is 0 Å². The van der Waals surface area contributed by atoms with Gasteiger partial charge in [-0.1, -0.05) is 24.8 Å². The summed E-state index contributed by atoms with van der Waals surface area (Å²) in [7, 11) is 1.76. The Labute approximate surface area is 194 Å². The number of hydrogen-bond donors (Lipinski definition) is 0. The monoisotopic (exact) mass is 486 g/mol. The van der Waals surface area contributed by atoms with Crippen molar-refractivity contribution in [3.8, 4) is 21.2 Å². The maximum atomic E-state index is 13.1. The molecule has 0 atom stereocenters. The van der Waals surface area contributed by atoms with Gasteiger partial charge in [-0.05, 0) is 36.4 Å². The molecule has 6 nitrogen and oxygen atoms in total. The zero-order valence-corrected chi connectivity index (χ0v) is 20.3. The van der Waals surface area contributed by atoms with Gasteiger partial charge < -0.3 is 4.42 Å². The average Bonchev–Trinajstić information content (AvgIpc) is 3.55. The molecule has 0 aliphatic heterocycles. The Bertz CT molecular complexity index is 1430. The Morgan fingerprint density at radius 1 is 1.23 bits per heavy atom. The molecule has 5 heterocycles. The number of nitrogens with zero attached hydrogens (tertiary/aromatic N) is 4. The highest BCUT2D eigenvalue weighted by Gasteiger charge is 2.18. The van der Waals surface area contributed by atoms with Gasteiger partial charge in [0.1, 0.15) is 4.83 Å². The molecule has 0 aromatic carbocycles. The van der Waals surface area contributed by atoms with E-state index < -0.39 is 0 Å². The number of aryl methyl sites for hydroxylation is 2. The third-order valence-corrected chi connectivity index (χ3v) is 9.06. The van der Waals surface area contributed by atoms with E-state index in [1.165, 1.54) is 33.5 Å². The number of thiophene rings is 3. The van der Waals surface area contributed by atoms with Crippen LogP contribution in [0.15, 0.2) is 43.3 Å². The standard InChI is InChI=1S/C21H18N4O2S4/c1-4-13-11(2)8-15(31-13)18-24-23-16(27-18)10-30-21-22-19-17(20(26)25(21)3)12(9-29-19)14-6-5-7-28-14/h5-9H,4,10H2,1-3H3. The molecular formula is C21H18N4O2S4. The fraction of sp³-hybridized carbons (Fsp3) is 0.238. The second-order valence-electron chi connectivity index (χ2n) is 6.93. The van der Waals surface area contributed by atoms with Crippen molar-refractivity contribution in [2.24, 2.45) is 7.05 Å². The van der Waals surface area contributed by atoms with Crippen molar-refractivity contribution >= 4 is 56.0 Å². The van der Waals surface area contributed by atoms with Crippen molar-refractivity contribution in [2.45, 2.75) is 31.2 Å². The predicted octanol–water partition coefficient (Wildman–Crippen LogP) is 6.00. The zero-order chi connectivity index (χ0) is 21.5. The summed E-state index contributed by atoms with van der Waals surface area (Å²) in [6.07, 6.45) is 0.993. The van der Waals surface area contributed by atoms with Gasteiger partial charge in [-0.2, -0.15) is 0 Å². The molecule has 0 aliphatic carbocycles. The van der Waals surface area contributed by atoms with E-state index in [-0.39, 0.29) is 5.56 Å². The third kappa shape index (κ3) is 3.78. The van der Waals surface area contributed by atoms with Crippen molar-refractivity contribution in [3.05, 3.63) is 55.6 Å². The minimum Gasteiger partial charge on any atom is -0.419 e. The summed E-state index contributed by atoms with van der Waals surface area (Å²) in [5.74, 6) is 1.51. The average molecular weight is 487 g/mol. The molecule has 31 heavy (non-hydrogen) atoms. The summed E-state index contributed by atoms with van der Waals surface area (Å²) in [4.78, 5) is 21.9. The largest absolute Gasteiger partial charge is 0.419 e. The van der Waals surface area contributed by atoms with Crippen LogP contribution in [0.1, 0.15) is 23.3 Å². The van der Waals surface area contributed by atoms with E-state index in [9.17, 15) is 4.79 Å². The normalized spacial score (nSPS) is 11.6. The molecule has 0 amide bonds. The fourth-order valence-electron chi connectivity index (χ4n) is 3.31. The molecule has 0 saturated carbocycles. The molecular weight excluding hydrogens is 469 g/mol. The van der Waals surface area contributed by atoms with Gasteiger partial charge in [0.25, 0.3) is 11.4 Å². The van der Waals surface area contributed by atoms with Crippen LogP contribution in [0.5, 0.6) is 0 Å². The Kier molecular flexibility index (Phi) is 5.55. The highest BCUT2D eigenvalue weighted by Crippen LogP contribution is 2.35. The number of fused-ring (bicyclic) bond motifs is 1. The maximum Gasteiger partial charge on any atom is 0.263 e. The van der Waals surface area contributed by atoms with Crippen molar-refractivity contribution < 1.29 is 4.42 Å². The number of thioether (sulfide) groups is 1. The van der Waals surface area contributed by atoms with Gasteiger partial charge in [0.2, 0.25) is 5.89 Å². The summed E-state index contributed by atoms with van der Waals surface area (Å²) < 4.78 is 7.47. The topological polar surface area (TPSA) is 73.8 Å². The van der Waals surface area contributed by atoms with E-state index in [0.29, 0.717) is 28.1 Å². The smallest absolute Gasteiger partial charge is 0.263 e. The van der Waals surface area contributed by atoms with Crippen molar-refractivity contribution in [3.63, 3.8) is 0 Å². The summed E-state index contributed by atoms with van der Waals surface area (Å²) in [6, 6.07) is 6.11. The lowest BCUT2D eigenvalue weighted by Crippen LogP contribution is -2.19. The van der Waals surface area contributed by atoms with E-state index in [1.807, 2.05) is 22.9 Å². The molecule has 10 heteroatoms. The molecule has 0 fully saturated rings. The van der Waals surface area contributed by atoms with Gasteiger partial charge in [-0.25, -0.2) is 4.98 Å². The van der Waals surface area contributed by atoms with Crippen LogP contribution in [0.25, 0.3) is 31.4 Å². The van der Waals surface area contributed by atoms with Gasteiger partial charge >= 0.3 is 0 Å². The lowest BCUT2D eigenvalue weighted by molar-refractivity contribution is 0.529. The molecule has 0 saturated heterocycles. The number of aromatic nitrogens is 4. The second-order valence-corrected chi connectivity index (χ2v) is 10.8. The van der Waals surface area contributed by atoms with Gasteiger partial charge in [-0.3, -0.25) is 9.36 Å². The minimum atomic E-state index is -0.0375. The Morgan fingerprint density at radius 3 is 2.84 bits per heavy atom. The van der Waals surface area contributed by atoms with Crippen molar-refractivity contribution in [1.29, 1.82) is 0 Å². The predicted molar refractivity (Wildman–Crippen MR) is 129 cm³/mol. The van der Waals surface area contributed by atoms with Crippen LogP contribution in [-0.4, -0.2) is 19.7 Å². The lowest BCUT2D eigenvalue weighted by Gasteiger charge is -2.06. The van der Waals surface area contributed by atoms with Gasteiger partial charge in [0.05, 0.1) is 16.0 Å². The highest BCUT2D eigenvalue weighted by molar-refractivity contribution is 7.98. The Morgan fingerprint density at radius 2 is 2.10 bits per heavy atom. The highest BCUT2D eigenvalue weighted by atomic mass is 32.2. The lowest BCUT2D eigenvalue weighted by atomic mass is 10.2. The summed E-state index contributed by atoms with van der Waals surface area (Å²) >= 11 is 6.24. The van der Waals surface area contributed by atoms with E-state index in [0.717, 1.165) is 26.6 Å². The van der Waals surface area contributed by atoms with Gasteiger partial charge in [0, 0.05) is 27.7 Å². The van der Waals surface area contributed by atoms with Crippen LogP contribution >= 0.6 is 45.8 Å². The first-order valence-electron chi connectivity index (χ1n) is 9.62. The van der Waals surface area contributed by atoms with E-state index in [4.69, 9.17) is 9.40 Å². The molecule has 0 spiro atoms. The SMILES string of the molecule is CCc1sc(-c2nnc(CSc3nc4scc(-c5cccs5)c4c(=O)n3C)o2)cc1C. The molecule has 0 bridgehead atoms. The van der Waals surface area contributed by atoms with Crippen molar-refractivity contribution in [2.75, 3.05) is 0 Å². The summed E-state index contributed by atoms with van der Waals surface area (Å²) in [5, 5.41) is 13.7. The number of hydrogen-bond acceptors (Lipinski definition) is 9. The molecule has 5 aromatic rings. The zero-order valence-electron chi connectivity index (χ0n) is 17.0. The van der Waals surface area contributed by atoms with Crippen LogP contribution < -0.4 is 5.56 Å². The summed E-state index contributed by atoms with van der Waals surface area (Å²) in [6.45, 7) is 4.24. The van der Waals surface area contributed by atoms with Crippen LogP contribution in [0.3, 0.4) is 0 Å². The van der Waals surface area contributed by atoms with Crippen LogP contribution in [0.4, 0.5) is 0 Å². The van der Waals surface area contributed by atoms with Crippen LogP contribution in [0, 0.1) is 6.92 Å². The van der Waals surface area contributed by atoms with Crippen LogP contribution in [-0.2, 0) is 19.2 Å². The van der Waals surface area contributed by atoms with Gasteiger partial charge in [0.15, 0.2) is 5.16 Å². The molecule has 0 unspecified atom stereocenters. The molecule has 0 aliphatic rings. The summed E-state index contributed by atoms with van der Waals surface area (Å²) in [5.41, 5.74) is 2.17. The van der Waals surface area contributed by atoms with Gasteiger partial charge in [-0.15, -0.1) is 44.2 Å². The first-order chi connectivity index (χ1) is 15.0. The molecule has 5 aromatic heterocycles. The van der Waals surface area contributed by atoms with E-state index >= 15 is 0 Å². The van der Waals surface area contributed by atoms with E-state index in [2.05, 4.69) is 30.1 Å². The molecule has 0 N–H and O–H groups in total. The molecule has 5 rings (SSSR count). The van der Waals surface area contributed by atoms with Crippen molar-refractivity contribution in [1.82, 2.24) is 19.7 Å². The Balaban J connectivity index is 1.40. The fourth-order valence-corrected chi connectivity index (χ4v) is 6.96. The minimum absolute atomic E-state index is 0.0375. The quantitative estimate of drug-likeness (QED) is 0.217. The number of rotatable bonds is 6. The molecule has 0 radical (unpaired) electrons. The Hall–Kier alpha value is -2.27. The second kappa shape index (κ2) is 8.34. The third-order valence-electron chi connectivity index (χ3n) is 4.90. The maximum absolute atomic E-state index is 13.1.